The Kier molecular flexibility index (Phi) is 2.20. The van der Waals surface area contributed by atoms with Crippen LogP contribution in [-0.2, 0) is 0 Å². The molecule has 0 nitrogen and oxygen atoms in total. The van der Waals surface area contributed by atoms with Crippen LogP contribution in [0.25, 0.3) is 0 Å². The maximum atomic E-state index is 4.34. The molecular weight excluding hydrogens is 179 g/mol. The molecule has 2 rings (SSSR count). The third-order valence-corrected chi connectivity index (χ3v) is 5.32. The van der Waals surface area contributed by atoms with E-state index in [0.29, 0.717) is 16.0 Å². The lowest BCUT2D eigenvalue weighted by Gasteiger charge is -2.29. The van der Waals surface area contributed by atoms with Crippen molar-refractivity contribution < 1.29 is 0 Å². The number of rotatable bonds is 1. The van der Waals surface area contributed by atoms with Crippen molar-refractivity contribution in [1.82, 2.24) is 0 Å². The first-order chi connectivity index (χ1) is 6.74. The molecule has 2 fully saturated rings. The Bertz CT molecular complexity index is 302. The van der Waals surface area contributed by atoms with E-state index in [9.17, 15) is 0 Å². The highest BCUT2D eigenvalue weighted by Gasteiger charge is 2.66. The molecule has 83 valence electrons. The third kappa shape index (κ3) is 1.42. The monoisotopic (exact) mass is 203 g/mol. The summed E-state index contributed by atoms with van der Waals surface area (Å²) in [5, 5.41) is 0.968. The summed E-state index contributed by atoms with van der Waals surface area (Å²) >= 11 is 0. The maximum Gasteiger partial charge on any atom is 0.126 e. The van der Waals surface area contributed by atoms with E-state index in [1.165, 1.54) is 24.8 Å². The van der Waals surface area contributed by atoms with Crippen LogP contribution in [0.1, 0.15) is 53.9 Å². The Morgan fingerprint density at radius 1 is 1.20 bits per heavy atom. The van der Waals surface area contributed by atoms with Crippen LogP contribution >= 0.6 is 0 Å². The van der Waals surface area contributed by atoms with Gasteiger partial charge >= 0.3 is 0 Å². The summed E-state index contributed by atoms with van der Waals surface area (Å²) in [6, 6.07) is 0. The SMILES string of the molecule is C=C1CC2(C(C)C)[B]C2(C)CCC1(C)C. The van der Waals surface area contributed by atoms with Crippen LogP contribution in [0.3, 0.4) is 0 Å². The van der Waals surface area contributed by atoms with E-state index in [2.05, 4.69) is 48.5 Å². The smallest absolute Gasteiger partial charge is 0.0993 e. The van der Waals surface area contributed by atoms with Crippen LogP contribution in [0.4, 0.5) is 0 Å². The second-order valence-corrected chi connectivity index (χ2v) is 6.92. The lowest BCUT2D eigenvalue weighted by Crippen LogP contribution is -2.15. The first kappa shape index (κ1) is 11.3. The minimum absolute atomic E-state index is 0.353. The van der Waals surface area contributed by atoms with Gasteiger partial charge in [-0.2, -0.15) is 0 Å². The van der Waals surface area contributed by atoms with Gasteiger partial charge in [0.1, 0.15) is 7.28 Å². The van der Waals surface area contributed by atoms with Crippen LogP contribution in [-0.4, -0.2) is 7.28 Å². The van der Waals surface area contributed by atoms with Crippen molar-refractivity contribution >= 4 is 7.28 Å². The van der Waals surface area contributed by atoms with Crippen LogP contribution < -0.4 is 0 Å². The summed E-state index contributed by atoms with van der Waals surface area (Å²) in [6.45, 7) is 16.2. The number of allylic oxidation sites excluding steroid dienone is 1. The minimum Gasteiger partial charge on any atom is -0.0993 e. The van der Waals surface area contributed by atoms with Crippen molar-refractivity contribution in [2.45, 2.75) is 64.5 Å². The van der Waals surface area contributed by atoms with Gasteiger partial charge in [0.2, 0.25) is 0 Å². The molecule has 1 saturated heterocycles. The van der Waals surface area contributed by atoms with Gasteiger partial charge in [0, 0.05) is 0 Å². The van der Waals surface area contributed by atoms with Gasteiger partial charge in [-0.15, -0.1) is 0 Å². The summed E-state index contributed by atoms with van der Waals surface area (Å²) in [4.78, 5) is 0. The molecule has 2 aliphatic rings. The number of fused-ring (bicyclic) bond motifs is 1. The zero-order chi connectivity index (χ0) is 11.5. The van der Waals surface area contributed by atoms with Gasteiger partial charge < -0.3 is 0 Å². The van der Waals surface area contributed by atoms with Crippen molar-refractivity contribution in [3.8, 4) is 0 Å². The molecule has 0 amide bonds. The zero-order valence-electron chi connectivity index (χ0n) is 11.0. The first-order valence-electron chi connectivity index (χ1n) is 6.29. The molecule has 0 aromatic heterocycles. The summed E-state index contributed by atoms with van der Waals surface area (Å²) in [7, 11) is 2.60. The molecule has 1 radical (unpaired) electrons. The summed E-state index contributed by atoms with van der Waals surface area (Å²) < 4.78 is 0. The normalized spacial score (nSPS) is 43.2. The van der Waals surface area contributed by atoms with Gasteiger partial charge in [0.25, 0.3) is 0 Å². The fourth-order valence-electron chi connectivity index (χ4n) is 3.46. The third-order valence-electron chi connectivity index (χ3n) is 5.32. The fraction of sp³-hybridized carbons (Fsp3) is 0.857. The summed E-state index contributed by atoms with van der Waals surface area (Å²) in [5.74, 6) is 0.758. The van der Waals surface area contributed by atoms with E-state index < -0.39 is 0 Å². The summed E-state index contributed by atoms with van der Waals surface area (Å²) in [6.07, 6.45) is 3.86. The lowest BCUT2D eigenvalue weighted by atomic mass is 9.69. The minimum atomic E-state index is 0.353. The average molecular weight is 203 g/mol. The van der Waals surface area contributed by atoms with Crippen LogP contribution in [0, 0.1) is 11.3 Å². The first-order valence-corrected chi connectivity index (χ1v) is 6.29. The Labute approximate surface area is 95.8 Å². The number of hydrogen-bond donors (Lipinski definition) is 0. The van der Waals surface area contributed by atoms with E-state index in [4.69, 9.17) is 0 Å². The van der Waals surface area contributed by atoms with Crippen molar-refractivity contribution in [3.63, 3.8) is 0 Å². The Morgan fingerprint density at radius 2 is 1.80 bits per heavy atom. The quantitative estimate of drug-likeness (QED) is 0.435. The van der Waals surface area contributed by atoms with Gasteiger partial charge in [-0.25, -0.2) is 0 Å². The van der Waals surface area contributed by atoms with Gasteiger partial charge in [0.05, 0.1) is 0 Å². The predicted octanol–water partition coefficient (Wildman–Crippen LogP) is 4.46. The average Bonchev–Trinajstić information content (AvgIpc) is 2.71. The highest BCUT2D eigenvalue weighted by atomic mass is 14.6. The Hall–Kier alpha value is -0.195. The van der Waals surface area contributed by atoms with E-state index in [1.54, 1.807) is 0 Å². The zero-order valence-corrected chi connectivity index (χ0v) is 11.0. The second-order valence-electron chi connectivity index (χ2n) is 6.92. The molecule has 1 heteroatoms. The molecule has 2 atom stereocenters. The fourth-order valence-corrected chi connectivity index (χ4v) is 3.46. The number of hydrogen-bond acceptors (Lipinski definition) is 0. The molecule has 1 aliphatic carbocycles. The summed E-state index contributed by atoms with van der Waals surface area (Å²) in [5.41, 5.74) is 1.82. The van der Waals surface area contributed by atoms with Gasteiger partial charge in [-0.3, -0.25) is 0 Å². The molecular formula is C14H24B. The van der Waals surface area contributed by atoms with Crippen LogP contribution in [0.15, 0.2) is 12.2 Å². The highest BCUT2D eigenvalue weighted by molar-refractivity contribution is 6.60. The van der Waals surface area contributed by atoms with Gasteiger partial charge in [0.15, 0.2) is 0 Å². The Morgan fingerprint density at radius 3 is 2.33 bits per heavy atom. The van der Waals surface area contributed by atoms with E-state index >= 15 is 0 Å². The van der Waals surface area contributed by atoms with E-state index in [1.807, 2.05) is 0 Å². The largest absolute Gasteiger partial charge is 0.126 e. The highest BCUT2D eigenvalue weighted by Crippen LogP contribution is 2.79. The van der Waals surface area contributed by atoms with Crippen LogP contribution in [0.2, 0.25) is 10.6 Å². The molecule has 1 heterocycles. The predicted molar refractivity (Wildman–Crippen MR) is 68.4 cm³/mol. The molecule has 15 heavy (non-hydrogen) atoms. The van der Waals surface area contributed by atoms with Crippen molar-refractivity contribution in [1.29, 1.82) is 0 Å². The lowest BCUT2D eigenvalue weighted by molar-refractivity contribution is 0.381. The molecule has 1 saturated carbocycles. The van der Waals surface area contributed by atoms with Crippen molar-refractivity contribution in [3.05, 3.63) is 12.2 Å². The molecule has 0 spiro atoms. The van der Waals surface area contributed by atoms with Crippen LogP contribution in [0.5, 0.6) is 0 Å². The maximum absolute atomic E-state index is 4.34. The van der Waals surface area contributed by atoms with Gasteiger partial charge in [-0.1, -0.05) is 63.8 Å². The molecule has 0 bridgehead atoms. The van der Waals surface area contributed by atoms with Crippen molar-refractivity contribution in [2.24, 2.45) is 11.3 Å². The Balaban J connectivity index is 2.29. The second kappa shape index (κ2) is 2.93. The molecule has 0 aromatic carbocycles. The molecule has 1 aliphatic heterocycles. The standard InChI is InChI=1S/C14H24B/c1-10(2)14-9-11(3)12(4,5)7-8-13(14,6)15-14/h10H,3,7-9H2,1-2,4-6H3. The topological polar surface area (TPSA) is 0 Å². The van der Waals surface area contributed by atoms with E-state index in [-0.39, 0.29) is 0 Å². The van der Waals surface area contributed by atoms with Crippen molar-refractivity contribution in [2.75, 3.05) is 0 Å². The molecule has 0 aromatic rings. The van der Waals surface area contributed by atoms with Gasteiger partial charge in [-0.05, 0) is 24.2 Å². The molecule has 2 unspecified atom stereocenters. The molecule has 0 N–H and O–H groups in total. The van der Waals surface area contributed by atoms with E-state index in [0.717, 1.165) is 5.92 Å².